The van der Waals surface area contributed by atoms with Gasteiger partial charge in [-0.1, -0.05) is 127 Å². The Morgan fingerprint density at radius 2 is 0.833 bits per heavy atom. The predicted octanol–water partition coefficient (Wildman–Crippen LogP) is 12.7. The summed E-state index contributed by atoms with van der Waals surface area (Å²) in [4.78, 5) is 2.32. The van der Waals surface area contributed by atoms with Gasteiger partial charge >= 0.3 is 0 Å². The maximum Gasteiger partial charge on any atom is 0.0541 e. The normalized spacial score (nSPS) is 11.3. The lowest BCUT2D eigenvalue weighted by Gasteiger charge is -2.26. The van der Waals surface area contributed by atoms with Crippen molar-refractivity contribution < 1.29 is 0 Å². The lowest BCUT2D eigenvalue weighted by atomic mass is 10.0. The highest BCUT2D eigenvalue weighted by Crippen LogP contribution is 2.38. The molecule has 0 saturated heterocycles. The van der Waals surface area contributed by atoms with Crippen LogP contribution >= 0.6 is 0 Å². The van der Waals surface area contributed by atoms with Crippen LogP contribution in [0.4, 0.5) is 17.1 Å². The summed E-state index contributed by atoms with van der Waals surface area (Å²) in [7, 11) is 0. The van der Waals surface area contributed by atoms with E-state index in [0.717, 1.165) is 17.1 Å². The number of rotatable bonds is 6. The Labute approximate surface area is 280 Å². The van der Waals surface area contributed by atoms with E-state index in [4.69, 9.17) is 0 Å². The van der Waals surface area contributed by atoms with Gasteiger partial charge in [0, 0.05) is 33.5 Å². The zero-order valence-corrected chi connectivity index (χ0v) is 26.4. The first kappa shape index (κ1) is 27.9. The average molecular weight is 613 g/mol. The Hall–Kier alpha value is -6.38. The highest BCUT2D eigenvalue weighted by molar-refractivity contribution is 6.10. The van der Waals surface area contributed by atoms with Gasteiger partial charge < -0.3 is 9.47 Å². The summed E-state index contributed by atoms with van der Waals surface area (Å²) in [6, 6.07) is 69.8. The fraction of sp³-hybridized carbons (Fsp3) is 0. The number of nitrogens with zero attached hydrogens (tertiary/aromatic N) is 2. The second-order valence-electron chi connectivity index (χ2n) is 12.2. The molecule has 0 N–H and O–H groups in total. The molecule has 8 aromatic carbocycles. The fourth-order valence-corrected chi connectivity index (χ4v) is 7.01. The molecule has 0 fully saturated rings. The van der Waals surface area contributed by atoms with Crippen LogP contribution in [0.1, 0.15) is 0 Å². The molecule has 9 rings (SSSR count). The van der Waals surface area contributed by atoms with E-state index in [1.165, 1.54) is 60.5 Å². The summed E-state index contributed by atoms with van der Waals surface area (Å²) in [6.07, 6.45) is 0. The number of hydrogen-bond acceptors (Lipinski definition) is 1. The zero-order valence-electron chi connectivity index (χ0n) is 26.4. The molecule has 0 spiro atoms. The maximum atomic E-state index is 2.39. The lowest BCUT2D eigenvalue weighted by molar-refractivity contribution is 1.19. The second-order valence-corrected chi connectivity index (χ2v) is 12.2. The lowest BCUT2D eigenvalue weighted by Crippen LogP contribution is -2.09. The van der Waals surface area contributed by atoms with E-state index in [9.17, 15) is 0 Å². The molecule has 0 aliphatic rings. The topological polar surface area (TPSA) is 8.17 Å². The molecule has 226 valence electrons. The predicted molar refractivity (Wildman–Crippen MR) is 204 cm³/mol. The van der Waals surface area contributed by atoms with Crippen LogP contribution in [-0.2, 0) is 0 Å². The van der Waals surface area contributed by atoms with Crippen LogP contribution < -0.4 is 4.90 Å². The largest absolute Gasteiger partial charge is 0.311 e. The number of hydrogen-bond donors (Lipinski definition) is 0. The SMILES string of the molecule is c1ccc(-c2ccc(N(c3ccccc3)c3ccc(-c4ccc5c(c4)c4ccccc4n5-c4ccc5ccccc5c4)cc3)cc2)cc1. The van der Waals surface area contributed by atoms with Crippen molar-refractivity contribution >= 4 is 49.6 Å². The molecular weight excluding hydrogens is 581 g/mol. The minimum absolute atomic E-state index is 1.12. The van der Waals surface area contributed by atoms with Crippen molar-refractivity contribution in [3.05, 3.63) is 194 Å². The quantitative estimate of drug-likeness (QED) is 0.181. The number of anilines is 3. The van der Waals surface area contributed by atoms with Crippen LogP contribution in [0, 0.1) is 0 Å². The Kier molecular flexibility index (Phi) is 6.84. The van der Waals surface area contributed by atoms with Gasteiger partial charge in [0.15, 0.2) is 0 Å². The molecular formula is C46H32N2. The van der Waals surface area contributed by atoms with Gasteiger partial charge in [-0.3, -0.25) is 0 Å². The third kappa shape index (κ3) is 4.92. The van der Waals surface area contributed by atoms with Crippen LogP contribution in [0.25, 0.3) is 60.5 Å². The van der Waals surface area contributed by atoms with Crippen molar-refractivity contribution in [1.82, 2.24) is 4.57 Å². The fourth-order valence-electron chi connectivity index (χ4n) is 7.01. The molecule has 1 heterocycles. The molecule has 0 atom stereocenters. The van der Waals surface area contributed by atoms with Gasteiger partial charge in [-0.25, -0.2) is 0 Å². The third-order valence-electron chi connectivity index (χ3n) is 9.37. The number of fused-ring (bicyclic) bond motifs is 4. The molecule has 9 aromatic rings. The summed E-state index contributed by atoms with van der Waals surface area (Å²) < 4.78 is 2.39. The van der Waals surface area contributed by atoms with Crippen molar-refractivity contribution in [3.8, 4) is 27.9 Å². The molecule has 2 nitrogen and oxygen atoms in total. The van der Waals surface area contributed by atoms with Crippen molar-refractivity contribution in [3.63, 3.8) is 0 Å². The third-order valence-corrected chi connectivity index (χ3v) is 9.37. The van der Waals surface area contributed by atoms with Gasteiger partial charge in [-0.2, -0.15) is 0 Å². The summed E-state index contributed by atoms with van der Waals surface area (Å²) in [5.74, 6) is 0. The first-order valence-corrected chi connectivity index (χ1v) is 16.4. The molecule has 0 bridgehead atoms. The number of benzene rings is 8. The van der Waals surface area contributed by atoms with Gasteiger partial charge in [0.2, 0.25) is 0 Å². The van der Waals surface area contributed by atoms with Gasteiger partial charge in [-0.05, 0) is 99.8 Å². The standard InChI is InChI=1S/C46H32N2/c1-3-11-33(12-4-1)35-19-25-40(26-20-35)47(39-15-5-2-6-16-39)41-27-21-36(22-28-41)38-24-30-46-44(32-38)43-17-9-10-18-45(43)48(46)42-29-23-34-13-7-8-14-37(34)31-42/h1-32H. The smallest absolute Gasteiger partial charge is 0.0541 e. The average Bonchev–Trinajstić information content (AvgIpc) is 3.50. The van der Waals surface area contributed by atoms with Crippen molar-refractivity contribution in [2.75, 3.05) is 4.90 Å². The monoisotopic (exact) mass is 612 g/mol. The van der Waals surface area contributed by atoms with E-state index in [2.05, 4.69) is 204 Å². The molecule has 0 aliphatic carbocycles. The minimum atomic E-state index is 1.12. The molecule has 2 heteroatoms. The molecule has 0 amide bonds. The first-order valence-electron chi connectivity index (χ1n) is 16.4. The molecule has 0 unspecified atom stereocenters. The van der Waals surface area contributed by atoms with Crippen LogP contribution in [-0.4, -0.2) is 4.57 Å². The molecule has 0 radical (unpaired) electrons. The number of para-hydroxylation sites is 2. The highest BCUT2D eigenvalue weighted by Gasteiger charge is 2.15. The Balaban J connectivity index is 1.10. The minimum Gasteiger partial charge on any atom is -0.311 e. The number of aromatic nitrogens is 1. The van der Waals surface area contributed by atoms with E-state index in [-0.39, 0.29) is 0 Å². The van der Waals surface area contributed by atoms with Crippen LogP contribution in [0.5, 0.6) is 0 Å². The van der Waals surface area contributed by atoms with E-state index in [0.29, 0.717) is 0 Å². The molecule has 0 saturated carbocycles. The van der Waals surface area contributed by atoms with Gasteiger partial charge in [-0.15, -0.1) is 0 Å². The Morgan fingerprint density at radius 1 is 0.312 bits per heavy atom. The summed E-state index contributed by atoms with van der Waals surface area (Å²) >= 11 is 0. The van der Waals surface area contributed by atoms with Crippen molar-refractivity contribution in [1.29, 1.82) is 0 Å². The van der Waals surface area contributed by atoms with E-state index in [1.807, 2.05) is 0 Å². The Morgan fingerprint density at radius 3 is 1.56 bits per heavy atom. The molecule has 1 aromatic heterocycles. The van der Waals surface area contributed by atoms with Crippen LogP contribution in [0.15, 0.2) is 194 Å². The van der Waals surface area contributed by atoms with Gasteiger partial charge in [0.1, 0.15) is 0 Å². The van der Waals surface area contributed by atoms with E-state index < -0.39 is 0 Å². The van der Waals surface area contributed by atoms with Crippen LogP contribution in [0.3, 0.4) is 0 Å². The van der Waals surface area contributed by atoms with Gasteiger partial charge in [0.25, 0.3) is 0 Å². The maximum absolute atomic E-state index is 2.39. The van der Waals surface area contributed by atoms with Crippen molar-refractivity contribution in [2.45, 2.75) is 0 Å². The zero-order chi connectivity index (χ0) is 31.9. The molecule has 0 aliphatic heterocycles. The van der Waals surface area contributed by atoms with Crippen LogP contribution in [0.2, 0.25) is 0 Å². The first-order chi connectivity index (χ1) is 23.8. The summed E-state index contributed by atoms with van der Waals surface area (Å²) in [5.41, 5.74) is 11.8. The highest BCUT2D eigenvalue weighted by atomic mass is 15.1. The summed E-state index contributed by atoms with van der Waals surface area (Å²) in [5, 5.41) is 5.01. The van der Waals surface area contributed by atoms with E-state index >= 15 is 0 Å². The van der Waals surface area contributed by atoms with Gasteiger partial charge in [0.05, 0.1) is 11.0 Å². The molecule has 48 heavy (non-hydrogen) atoms. The Bertz CT molecular complexity index is 2530. The second kappa shape index (κ2) is 11.8. The summed E-state index contributed by atoms with van der Waals surface area (Å²) in [6.45, 7) is 0. The van der Waals surface area contributed by atoms with Crippen molar-refractivity contribution in [2.24, 2.45) is 0 Å². The van der Waals surface area contributed by atoms with E-state index in [1.54, 1.807) is 0 Å².